The fourth-order valence-electron chi connectivity index (χ4n) is 1.31. The summed E-state index contributed by atoms with van der Waals surface area (Å²) in [6.45, 7) is 1.84. The van der Waals surface area contributed by atoms with Crippen LogP contribution in [0.2, 0.25) is 0 Å². The second kappa shape index (κ2) is 2.27. The van der Waals surface area contributed by atoms with Gasteiger partial charge in [0.2, 0.25) is 0 Å². The lowest BCUT2D eigenvalue weighted by Gasteiger charge is -2.29. The Balaban J connectivity index is 1.82. The smallest absolute Gasteiger partial charge is 0.128 e. The minimum Gasteiger partial charge on any atom is -0.375 e. The van der Waals surface area contributed by atoms with Crippen LogP contribution in [0, 0.1) is 6.10 Å². The molecular weight excluding hydrogens is 116 g/mol. The standard InChI is InChI=1S/C7H11O2/c1-2-6(8-4-1)7-3-5-9-7/h6H,1-5H2. The number of hydrogen-bond donors (Lipinski definition) is 0. The molecule has 51 valence electrons. The first kappa shape index (κ1) is 5.69. The molecule has 9 heavy (non-hydrogen) atoms. The Hall–Kier alpha value is -0.0800. The molecule has 0 aliphatic carbocycles. The molecule has 0 saturated carbocycles. The van der Waals surface area contributed by atoms with Gasteiger partial charge in [0.25, 0.3) is 0 Å². The summed E-state index contributed by atoms with van der Waals surface area (Å²) in [6, 6.07) is 0. The van der Waals surface area contributed by atoms with Gasteiger partial charge in [-0.05, 0) is 12.8 Å². The third kappa shape index (κ3) is 0.970. The molecule has 0 amide bonds. The van der Waals surface area contributed by atoms with Crippen molar-refractivity contribution in [2.75, 3.05) is 13.2 Å². The van der Waals surface area contributed by atoms with Crippen molar-refractivity contribution in [1.29, 1.82) is 0 Å². The van der Waals surface area contributed by atoms with Crippen molar-refractivity contribution in [2.45, 2.75) is 25.4 Å². The lowest BCUT2D eigenvalue weighted by Crippen LogP contribution is -2.29. The molecule has 1 unspecified atom stereocenters. The largest absolute Gasteiger partial charge is 0.375 e. The molecule has 0 N–H and O–H groups in total. The molecule has 2 aliphatic rings. The molecule has 2 rings (SSSR count). The van der Waals surface area contributed by atoms with Crippen molar-refractivity contribution < 1.29 is 9.47 Å². The molecule has 2 saturated heterocycles. The maximum Gasteiger partial charge on any atom is 0.128 e. The van der Waals surface area contributed by atoms with Crippen molar-refractivity contribution >= 4 is 0 Å². The van der Waals surface area contributed by atoms with Crippen LogP contribution in [-0.4, -0.2) is 19.3 Å². The van der Waals surface area contributed by atoms with Gasteiger partial charge in [0.05, 0.1) is 12.7 Å². The first-order valence-corrected chi connectivity index (χ1v) is 3.57. The molecule has 0 spiro atoms. The summed E-state index contributed by atoms with van der Waals surface area (Å²) < 4.78 is 10.6. The van der Waals surface area contributed by atoms with E-state index in [2.05, 4.69) is 0 Å². The third-order valence-corrected chi connectivity index (χ3v) is 1.92. The Morgan fingerprint density at radius 1 is 1.33 bits per heavy atom. The van der Waals surface area contributed by atoms with E-state index in [-0.39, 0.29) is 0 Å². The van der Waals surface area contributed by atoms with Crippen LogP contribution >= 0.6 is 0 Å². The van der Waals surface area contributed by atoms with E-state index < -0.39 is 0 Å². The van der Waals surface area contributed by atoms with Crippen molar-refractivity contribution in [3.8, 4) is 0 Å². The number of hydrogen-bond acceptors (Lipinski definition) is 2. The van der Waals surface area contributed by atoms with E-state index >= 15 is 0 Å². The summed E-state index contributed by atoms with van der Waals surface area (Å²) in [4.78, 5) is 0. The maximum atomic E-state index is 5.39. The Morgan fingerprint density at radius 3 is 2.67 bits per heavy atom. The summed E-state index contributed by atoms with van der Waals surface area (Å²) in [5.74, 6) is 0. The van der Waals surface area contributed by atoms with E-state index in [0.29, 0.717) is 6.10 Å². The first-order chi connectivity index (χ1) is 4.47. The highest BCUT2D eigenvalue weighted by atomic mass is 16.6. The van der Waals surface area contributed by atoms with Gasteiger partial charge in [-0.25, -0.2) is 0 Å². The zero-order valence-electron chi connectivity index (χ0n) is 5.43. The van der Waals surface area contributed by atoms with Crippen LogP contribution in [-0.2, 0) is 9.47 Å². The number of rotatable bonds is 1. The first-order valence-electron chi connectivity index (χ1n) is 3.57. The molecule has 2 heteroatoms. The topological polar surface area (TPSA) is 18.5 Å². The third-order valence-electron chi connectivity index (χ3n) is 1.92. The second-order valence-electron chi connectivity index (χ2n) is 2.57. The van der Waals surface area contributed by atoms with Crippen LogP contribution < -0.4 is 0 Å². The zero-order chi connectivity index (χ0) is 6.10. The molecule has 0 bridgehead atoms. The molecule has 2 heterocycles. The van der Waals surface area contributed by atoms with Crippen molar-refractivity contribution in [1.82, 2.24) is 0 Å². The molecule has 2 aliphatic heterocycles. The summed E-state index contributed by atoms with van der Waals surface area (Å²) in [6.07, 6.45) is 5.06. The molecule has 0 aromatic heterocycles. The highest BCUT2D eigenvalue weighted by Crippen LogP contribution is 2.31. The summed E-state index contributed by atoms with van der Waals surface area (Å²) in [7, 11) is 0. The van der Waals surface area contributed by atoms with Crippen LogP contribution in [0.3, 0.4) is 0 Å². The molecule has 0 aromatic carbocycles. The van der Waals surface area contributed by atoms with Crippen LogP contribution in [0.15, 0.2) is 0 Å². The van der Waals surface area contributed by atoms with Gasteiger partial charge >= 0.3 is 0 Å². The van der Waals surface area contributed by atoms with E-state index in [1.54, 1.807) is 0 Å². The van der Waals surface area contributed by atoms with Gasteiger partial charge in [0.15, 0.2) is 0 Å². The maximum absolute atomic E-state index is 5.39. The summed E-state index contributed by atoms with van der Waals surface area (Å²) in [5.41, 5.74) is 0. The molecule has 1 atom stereocenters. The fourth-order valence-corrected chi connectivity index (χ4v) is 1.31. The average molecular weight is 127 g/mol. The Labute approximate surface area is 55.1 Å². The Morgan fingerprint density at radius 2 is 2.22 bits per heavy atom. The van der Waals surface area contributed by atoms with Gasteiger partial charge in [0, 0.05) is 13.0 Å². The van der Waals surface area contributed by atoms with Gasteiger partial charge in [-0.2, -0.15) is 0 Å². The van der Waals surface area contributed by atoms with Gasteiger partial charge < -0.3 is 9.47 Å². The SMILES string of the molecule is C1COC([C]2CCO2)C1. The molecule has 2 fully saturated rings. The van der Waals surface area contributed by atoms with E-state index in [9.17, 15) is 0 Å². The minimum absolute atomic E-state index is 0.360. The lowest BCUT2D eigenvalue weighted by molar-refractivity contribution is -0.0418. The van der Waals surface area contributed by atoms with Gasteiger partial charge in [-0.1, -0.05) is 0 Å². The van der Waals surface area contributed by atoms with Gasteiger partial charge in [-0.15, -0.1) is 0 Å². The van der Waals surface area contributed by atoms with E-state index in [1.807, 2.05) is 0 Å². The van der Waals surface area contributed by atoms with Crippen molar-refractivity contribution in [3.05, 3.63) is 6.10 Å². The summed E-state index contributed by atoms with van der Waals surface area (Å²) >= 11 is 0. The second-order valence-corrected chi connectivity index (χ2v) is 2.57. The van der Waals surface area contributed by atoms with Crippen LogP contribution in [0.25, 0.3) is 0 Å². The Kier molecular flexibility index (Phi) is 1.44. The highest BCUT2D eigenvalue weighted by Gasteiger charge is 2.32. The van der Waals surface area contributed by atoms with E-state index in [1.165, 1.54) is 18.9 Å². The molecule has 0 aromatic rings. The van der Waals surface area contributed by atoms with Crippen LogP contribution in [0.1, 0.15) is 19.3 Å². The van der Waals surface area contributed by atoms with E-state index in [0.717, 1.165) is 19.6 Å². The van der Waals surface area contributed by atoms with Crippen LogP contribution in [0.4, 0.5) is 0 Å². The number of ether oxygens (including phenoxy) is 2. The zero-order valence-corrected chi connectivity index (χ0v) is 5.43. The lowest BCUT2D eigenvalue weighted by atomic mass is 10.0. The highest BCUT2D eigenvalue weighted by molar-refractivity contribution is 4.96. The van der Waals surface area contributed by atoms with Crippen molar-refractivity contribution in [3.63, 3.8) is 0 Å². The van der Waals surface area contributed by atoms with Crippen LogP contribution in [0.5, 0.6) is 0 Å². The molecule has 2 nitrogen and oxygen atoms in total. The molecular formula is C7H11O2. The molecule has 1 radical (unpaired) electrons. The average Bonchev–Trinajstić information content (AvgIpc) is 2.11. The van der Waals surface area contributed by atoms with Gasteiger partial charge in [-0.3, -0.25) is 0 Å². The van der Waals surface area contributed by atoms with Gasteiger partial charge in [0.1, 0.15) is 6.10 Å². The normalized spacial score (nSPS) is 36.7. The monoisotopic (exact) mass is 127 g/mol. The summed E-state index contributed by atoms with van der Waals surface area (Å²) in [5, 5.41) is 0. The minimum atomic E-state index is 0.360. The predicted molar refractivity (Wildman–Crippen MR) is 32.8 cm³/mol. The predicted octanol–water partition coefficient (Wildman–Crippen LogP) is 1.12. The Bertz CT molecular complexity index is 93.1. The van der Waals surface area contributed by atoms with Crippen molar-refractivity contribution in [2.24, 2.45) is 0 Å². The quantitative estimate of drug-likeness (QED) is 0.525. The fraction of sp³-hybridized carbons (Fsp3) is 0.857. The van der Waals surface area contributed by atoms with E-state index in [4.69, 9.17) is 9.47 Å².